The van der Waals surface area contributed by atoms with Crippen LogP contribution >= 0.6 is 0 Å². The first-order valence-electron chi connectivity index (χ1n) is 13.0. The highest BCUT2D eigenvalue weighted by Gasteiger charge is 2.39. The Kier molecular flexibility index (Phi) is 10.4. The van der Waals surface area contributed by atoms with Crippen LogP contribution in [0, 0.1) is 20.8 Å². The van der Waals surface area contributed by atoms with Gasteiger partial charge in [0.1, 0.15) is 12.6 Å². The molecular weight excluding hydrogens is 538 g/mol. The number of nitrogens with one attached hydrogen (secondary N) is 2. The standard InChI is InChI=1S/C27H37N5O7S/c1-5-24(34)32-14-19(12-22(32)25(28)20-8-6-7-9-29-20)39-15-23(33)30-13-21(27(35)36)31-40(37,38)26-17(3)10-16(2)11-18(26)4/h6-11,19,21-22,25,31H,5,12-15,28H2,1-4H3,(H,30,33)(H,35,36). The van der Waals surface area contributed by atoms with Crippen molar-refractivity contribution in [2.45, 2.75) is 69.7 Å². The van der Waals surface area contributed by atoms with Crippen molar-refractivity contribution in [1.29, 1.82) is 0 Å². The molecule has 1 aliphatic heterocycles. The van der Waals surface area contributed by atoms with Gasteiger partial charge in [-0.2, -0.15) is 4.72 Å². The van der Waals surface area contributed by atoms with E-state index in [1.807, 2.05) is 13.0 Å². The van der Waals surface area contributed by atoms with E-state index in [9.17, 15) is 27.9 Å². The molecule has 1 aliphatic rings. The Bertz CT molecular complexity index is 1310. The molecule has 0 saturated carbocycles. The Balaban J connectivity index is 1.59. The topological polar surface area (TPSA) is 181 Å². The molecule has 4 unspecified atom stereocenters. The van der Waals surface area contributed by atoms with Gasteiger partial charge in [0.15, 0.2) is 0 Å². The van der Waals surface area contributed by atoms with E-state index in [-0.39, 0.29) is 29.8 Å². The van der Waals surface area contributed by atoms with E-state index in [0.29, 0.717) is 23.2 Å². The number of benzene rings is 1. The Morgan fingerprint density at radius 3 is 2.45 bits per heavy atom. The zero-order valence-corrected chi connectivity index (χ0v) is 23.9. The van der Waals surface area contributed by atoms with Crippen LogP contribution in [0.4, 0.5) is 0 Å². The molecule has 218 valence electrons. The number of likely N-dealkylation sites (tertiary alicyclic amines) is 1. The fourth-order valence-corrected chi connectivity index (χ4v) is 6.67. The van der Waals surface area contributed by atoms with Crippen molar-refractivity contribution >= 4 is 27.8 Å². The van der Waals surface area contributed by atoms with Gasteiger partial charge < -0.3 is 25.8 Å². The minimum atomic E-state index is -4.18. The molecule has 3 rings (SSSR count). The van der Waals surface area contributed by atoms with Crippen LogP contribution in [-0.4, -0.2) is 79.1 Å². The number of aliphatic carboxylic acids is 1. The summed E-state index contributed by atoms with van der Waals surface area (Å²) in [5.41, 5.74) is 8.92. The van der Waals surface area contributed by atoms with Crippen molar-refractivity contribution in [1.82, 2.24) is 19.9 Å². The number of nitrogens with zero attached hydrogens (tertiary/aromatic N) is 2. The van der Waals surface area contributed by atoms with Crippen molar-refractivity contribution in [3.05, 3.63) is 58.9 Å². The van der Waals surface area contributed by atoms with Crippen molar-refractivity contribution in [2.24, 2.45) is 5.73 Å². The first-order valence-corrected chi connectivity index (χ1v) is 14.5. The number of ether oxygens (including phenoxy) is 1. The molecule has 40 heavy (non-hydrogen) atoms. The maximum atomic E-state index is 13.0. The smallest absolute Gasteiger partial charge is 0.323 e. The van der Waals surface area contributed by atoms with Crippen LogP contribution in [0.3, 0.4) is 0 Å². The first kappa shape index (κ1) is 31.1. The number of rotatable bonds is 12. The summed E-state index contributed by atoms with van der Waals surface area (Å²) in [6.07, 6.45) is 1.83. The van der Waals surface area contributed by atoms with Crippen LogP contribution in [0.5, 0.6) is 0 Å². The van der Waals surface area contributed by atoms with E-state index in [1.165, 1.54) is 0 Å². The second-order valence-electron chi connectivity index (χ2n) is 9.96. The third-order valence-electron chi connectivity index (χ3n) is 6.79. The predicted octanol–water partition coefficient (Wildman–Crippen LogP) is 0.951. The zero-order chi connectivity index (χ0) is 29.6. The summed E-state index contributed by atoms with van der Waals surface area (Å²) in [6.45, 7) is 6.21. The molecule has 1 aromatic heterocycles. The number of nitrogens with two attached hydrogens (primary N) is 1. The number of aromatic nitrogens is 1. The largest absolute Gasteiger partial charge is 0.480 e. The fraction of sp³-hybridized carbons (Fsp3) is 0.481. The normalized spacial score (nSPS) is 18.8. The summed E-state index contributed by atoms with van der Waals surface area (Å²) in [4.78, 5) is 42.8. The lowest BCUT2D eigenvalue weighted by atomic mass is 10.0. The Morgan fingerprint density at radius 1 is 1.20 bits per heavy atom. The van der Waals surface area contributed by atoms with Gasteiger partial charge >= 0.3 is 5.97 Å². The van der Waals surface area contributed by atoms with Crippen LogP contribution in [0.25, 0.3) is 0 Å². The third kappa shape index (κ3) is 7.62. The van der Waals surface area contributed by atoms with Crippen molar-refractivity contribution in [2.75, 3.05) is 19.7 Å². The summed E-state index contributed by atoms with van der Waals surface area (Å²) >= 11 is 0. The molecule has 0 spiro atoms. The number of aryl methyl sites for hydroxylation is 3. The van der Waals surface area contributed by atoms with Crippen LogP contribution in [0.15, 0.2) is 41.4 Å². The molecule has 2 aromatic rings. The maximum absolute atomic E-state index is 13.0. The van der Waals surface area contributed by atoms with Crippen molar-refractivity contribution in [3.63, 3.8) is 0 Å². The number of carbonyl (C=O) groups excluding carboxylic acids is 2. The van der Waals surface area contributed by atoms with Gasteiger partial charge in [0.05, 0.1) is 28.8 Å². The van der Waals surface area contributed by atoms with E-state index < -0.39 is 53.2 Å². The summed E-state index contributed by atoms with van der Waals surface area (Å²) in [6, 6.07) is 6.27. The number of hydrogen-bond donors (Lipinski definition) is 4. The predicted molar refractivity (Wildman–Crippen MR) is 147 cm³/mol. The number of hydrogen-bond acceptors (Lipinski definition) is 8. The number of pyridine rings is 1. The van der Waals surface area contributed by atoms with E-state index in [4.69, 9.17) is 10.5 Å². The molecule has 1 saturated heterocycles. The molecule has 1 fully saturated rings. The Labute approximate surface area is 234 Å². The highest BCUT2D eigenvalue weighted by atomic mass is 32.2. The SMILES string of the molecule is CCC(=O)N1CC(OCC(=O)NCC(NS(=O)(=O)c2c(C)cc(C)cc2C)C(=O)O)CC1C(N)c1ccccn1. The second kappa shape index (κ2) is 13.3. The molecule has 0 bridgehead atoms. The average molecular weight is 576 g/mol. The molecule has 13 heteroatoms. The number of sulfonamides is 1. The monoisotopic (exact) mass is 575 g/mol. The molecule has 0 aliphatic carbocycles. The van der Waals surface area contributed by atoms with E-state index in [0.717, 1.165) is 5.56 Å². The molecular formula is C27H37N5O7S. The minimum absolute atomic E-state index is 0.00453. The van der Waals surface area contributed by atoms with Crippen LogP contribution < -0.4 is 15.8 Å². The molecule has 2 heterocycles. The van der Waals surface area contributed by atoms with Gasteiger partial charge in [-0.3, -0.25) is 19.4 Å². The molecule has 4 atom stereocenters. The highest BCUT2D eigenvalue weighted by Crippen LogP contribution is 2.29. The van der Waals surface area contributed by atoms with Gasteiger partial charge in [0.2, 0.25) is 21.8 Å². The summed E-state index contributed by atoms with van der Waals surface area (Å²) in [5, 5.41) is 12.0. The van der Waals surface area contributed by atoms with Gasteiger partial charge in [0, 0.05) is 25.7 Å². The van der Waals surface area contributed by atoms with Gasteiger partial charge in [-0.1, -0.05) is 30.7 Å². The van der Waals surface area contributed by atoms with Gasteiger partial charge in [-0.05, 0) is 50.5 Å². The van der Waals surface area contributed by atoms with Crippen LogP contribution in [0.1, 0.15) is 48.2 Å². The van der Waals surface area contributed by atoms with E-state index >= 15 is 0 Å². The van der Waals surface area contributed by atoms with Crippen molar-refractivity contribution < 1.29 is 32.6 Å². The highest BCUT2D eigenvalue weighted by molar-refractivity contribution is 7.89. The fourth-order valence-electron chi connectivity index (χ4n) is 5.02. The lowest BCUT2D eigenvalue weighted by Crippen LogP contribution is -2.49. The van der Waals surface area contributed by atoms with E-state index in [2.05, 4.69) is 15.0 Å². The van der Waals surface area contributed by atoms with Crippen molar-refractivity contribution in [3.8, 4) is 0 Å². The first-order chi connectivity index (χ1) is 18.8. The Morgan fingerprint density at radius 2 is 1.88 bits per heavy atom. The molecule has 1 aromatic carbocycles. The molecule has 0 radical (unpaired) electrons. The van der Waals surface area contributed by atoms with E-state index in [1.54, 1.807) is 56.1 Å². The number of amides is 2. The zero-order valence-electron chi connectivity index (χ0n) is 23.1. The number of carboxylic acid groups (broad SMARTS) is 1. The lowest BCUT2D eigenvalue weighted by molar-refractivity contribution is -0.139. The summed E-state index contributed by atoms with van der Waals surface area (Å²) < 4.78 is 33.9. The van der Waals surface area contributed by atoms with Crippen LogP contribution in [0.2, 0.25) is 0 Å². The average Bonchev–Trinajstić information content (AvgIpc) is 3.32. The third-order valence-corrected chi connectivity index (χ3v) is 8.57. The quantitative estimate of drug-likeness (QED) is 0.286. The summed E-state index contributed by atoms with van der Waals surface area (Å²) in [5.74, 6) is -2.16. The summed E-state index contributed by atoms with van der Waals surface area (Å²) in [7, 11) is -4.18. The molecule has 12 nitrogen and oxygen atoms in total. The minimum Gasteiger partial charge on any atom is -0.480 e. The molecule has 5 N–H and O–H groups in total. The number of carbonyl (C=O) groups is 3. The van der Waals surface area contributed by atoms with Gasteiger partial charge in [0.25, 0.3) is 0 Å². The van der Waals surface area contributed by atoms with Gasteiger partial charge in [-0.15, -0.1) is 0 Å². The maximum Gasteiger partial charge on any atom is 0.323 e. The second-order valence-corrected chi connectivity index (χ2v) is 11.6. The number of carboxylic acids is 1. The molecule has 2 amide bonds. The lowest BCUT2D eigenvalue weighted by Gasteiger charge is -2.28. The Hall–Kier alpha value is -3.39. The van der Waals surface area contributed by atoms with Gasteiger partial charge in [-0.25, -0.2) is 8.42 Å². The van der Waals surface area contributed by atoms with Crippen LogP contribution in [-0.2, 0) is 29.1 Å².